The van der Waals surface area contributed by atoms with Crippen molar-refractivity contribution < 1.29 is 23.8 Å². The van der Waals surface area contributed by atoms with Gasteiger partial charge in [0.05, 0.1) is 24.2 Å². The van der Waals surface area contributed by atoms with E-state index in [0.29, 0.717) is 0 Å². The Morgan fingerprint density at radius 1 is 1.19 bits per heavy atom. The molecule has 3 rings (SSSR count). The van der Waals surface area contributed by atoms with Gasteiger partial charge < -0.3 is 15.1 Å². The molecule has 0 radical (unpaired) electrons. The first kappa shape index (κ1) is 18.4. The minimum Gasteiger partial charge on any atom is -0.503 e. The van der Waals surface area contributed by atoms with E-state index in [-0.39, 0.29) is 29.1 Å². The molecule has 0 aliphatic carbocycles. The van der Waals surface area contributed by atoms with Gasteiger partial charge in [-0.25, -0.2) is 18.4 Å². The maximum Gasteiger partial charge on any atom is 0.333 e. The highest BCUT2D eigenvalue weighted by molar-refractivity contribution is 5.95. The molecule has 1 aliphatic rings. The van der Waals surface area contributed by atoms with Crippen molar-refractivity contribution in [2.75, 3.05) is 18.5 Å². The summed E-state index contributed by atoms with van der Waals surface area (Å²) in [5.41, 5.74) is -1.61. The Labute approximate surface area is 150 Å². The SMILES string of the molecule is CN1CC(C(=O)O)=Cc2c1n(C)c(=O)n(Cc1cc(F)c(O)c(F)c1)c2=O. The summed E-state index contributed by atoms with van der Waals surface area (Å²) in [5.74, 6) is -4.55. The highest BCUT2D eigenvalue weighted by Crippen LogP contribution is 2.24. The normalized spacial score (nSPS) is 13.3. The monoisotopic (exact) mass is 379 g/mol. The van der Waals surface area contributed by atoms with Crippen LogP contribution in [0.2, 0.25) is 0 Å². The van der Waals surface area contributed by atoms with E-state index < -0.39 is 41.1 Å². The first-order valence-corrected chi connectivity index (χ1v) is 7.77. The van der Waals surface area contributed by atoms with Gasteiger partial charge in [0.1, 0.15) is 5.82 Å². The minimum absolute atomic E-state index is 0.00739. The van der Waals surface area contributed by atoms with Gasteiger partial charge in [0.25, 0.3) is 5.56 Å². The van der Waals surface area contributed by atoms with Crippen molar-refractivity contribution in [1.29, 1.82) is 0 Å². The van der Waals surface area contributed by atoms with Crippen LogP contribution < -0.4 is 16.1 Å². The molecule has 0 amide bonds. The Bertz CT molecular complexity index is 1090. The molecular formula is C17H15F2N3O5. The standard InChI is InChI=1S/C17H15F2N3O5/c1-20-7-9(16(25)26)5-10-14(20)21(2)17(27)22(15(10)24)6-8-3-11(18)13(23)12(19)4-8/h3-5,23H,6-7H2,1-2H3,(H,25,26). The fraction of sp³-hybridized carbons (Fsp3) is 0.235. The summed E-state index contributed by atoms with van der Waals surface area (Å²) in [4.78, 5) is 38.1. The van der Waals surface area contributed by atoms with Gasteiger partial charge >= 0.3 is 11.7 Å². The lowest BCUT2D eigenvalue weighted by Gasteiger charge is -2.28. The van der Waals surface area contributed by atoms with Crippen LogP contribution in [0, 0.1) is 11.6 Å². The molecule has 0 spiro atoms. The third-order valence-corrected chi connectivity index (χ3v) is 4.33. The molecule has 2 aromatic rings. The lowest BCUT2D eigenvalue weighted by molar-refractivity contribution is -0.132. The number of aromatic hydroxyl groups is 1. The number of halogens is 2. The number of benzene rings is 1. The third-order valence-electron chi connectivity index (χ3n) is 4.33. The van der Waals surface area contributed by atoms with Crippen LogP contribution in [0.1, 0.15) is 11.1 Å². The summed E-state index contributed by atoms with van der Waals surface area (Å²) in [6.07, 6.45) is 1.19. The number of nitrogens with zero attached hydrogens (tertiary/aromatic N) is 3. The fourth-order valence-electron chi connectivity index (χ4n) is 3.08. The second-order valence-electron chi connectivity index (χ2n) is 6.21. The van der Waals surface area contributed by atoms with E-state index in [1.165, 1.54) is 22.6 Å². The first-order valence-electron chi connectivity index (χ1n) is 7.77. The second-order valence-corrected chi connectivity index (χ2v) is 6.21. The molecule has 10 heteroatoms. The molecule has 1 aromatic heterocycles. The van der Waals surface area contributed by atoms with Crippen molar-refractivity contribution >= 4 is 17.9 Å². The molecule has 27 heavy (non-hydrogen) atoms. The van der Waals surface area contributed by atoms with E-state index >= 15 is 0 Å². The largest absolute Gasteiger partial charge is 0.503 e. The Hall–Kier alpha value is -3.43. The average Bonchev–Trinajstić information content (AvgIpc) is 2.60. The van der Waals surface area contributed by atoms with Crippen LogP contribution in [-0.2, 0) is 18.4 Å². The molecule has 1 aromatic carbocycles. The van der Waals surface area contributed by atoms with E-state index in [1.54, 1.807) is 7.05 Å². The van der Waals surface area contributed by atoms with Gasteiger partial charge in [-0.2, -0.15) is 0 Å². The molecule has 0 unspecified atom stereocenters. The fourth-order valence-corrected chi connectivity index (χ4v) is 3.08. The maximum absolute atomic E-state index is 13.5. The van der Waals surface area contributed by atoms with Crippen LogP contribution in [0.5, 0.6) is 5.75 Å². The van der Waals surface area contributed by atoms with Gasteiger partial charge in [0.15, 0.2) is 17.4 Å². The Kier molecular flexibility index (Phi) is 4.34. The summed E-state index contributed by atoms with van der Waals surface area (Å²) < 4.78 is 29.0. The average molecular weight is 379 g/mol. The Balaban J connectivity index is 2.21. The Morgan fingerprint density at radius 2 is 1.78 bits per heavy atom. The van der Waals surface area contributed by atoms with E-state index in [4.69, 9.17) is 5.11 Å². The number of hydrogen-bond donors (Lipinski definition) is 2. The zero-order valence-corrected chi connectivity index (χ0v) is 14.4. The highest BCUT2D eigenvalue weighted by Gasteiger charge is 2.26. The molecule has 0 saturated carbocycles. The number of anilines is 1. The number of fused-ring (bicyclic) bond motifs is 1. The smallest absolute Gasteiger partial charge is 0.333 e. The van der Waals surface area contributed by atoms with E-state index in [1.807, 2.05) is 0 Å². The number of hydrogen-bond acceptors (Lipinski definition) is 5. The third kappa shape index (κ3) is 2.98. The van der Waals surface area contributed by atoms with Gasteiger partial charge in [-0.15, -0.1) is 0 Å². The van der Waals surface area contributed by atoms with E-state index in [2.05, 4.69) is 0 Å². The number of aromatic nitrogens is 2. The zero-order valence-electron chi connectivity index (χ0n) is 14.4. The number of rotatable bonds is 3. The van der Waals surface area contributed by atoms with Gasteiger partial charge in [0.2, 0.25) is 0 Å². The van der Waals surface area contributed by atoms with Crippen molar-refractivity contribution in [2.24, 2.45) is 7.05 Å². The first-order chi connectivity index (χ1) is 12.6. The number of phenols is 1. The van der Waals surface area contributed by atoms with Crippen LogP contribution in [-0.4, -0.2) is 38.9 Å². The number of phenolic OH excluding ortho intramolecular Hbond substituents is 1. The van der Waals surface area contributed by atoms with E-state index in [0.717, 1.165) is 16.7 Å². The van der Waals surface area contributed by atoms with Crippen LogP contribution >= 0.6 is 0 Å². The van der Waals surface area contributed by atoms with Crippen molar-refractivity contribution in [3.05, 3.63) is 61.3 Å². The van der Waals surface area contributed by atoms with Crippen LogP contribution in [0.25, 0.3) is 6.08 Å². The van der Waals surface area contributed by atoms with Crippen LogP contribution in [0.4, 0.5) is 14.6 Å². The van der Waals surface area contributed by atoms with Crippen LogP contribution in [0.15, 0.2) is 27.3 Å². The zero-order chi connectivity index (χ0) is 20.0. The van der Waals surface area contributed by atoms with Crippen molar-refractivity contribution in [2.45, 2.75) is 6.54 Å². The van der Waals surface area contributed by atoms with Crippen LogP contribution in [0.3, 0.4) is 0 Å². The predicted octanol–water partition coefficient (Wildman–Crippen LogP) is 0.497. The summed E-state index contributed by atoms with van der Waals surface area (Å²) in [5, 5.41) is 18.4. The number of carboxylic acid groups (broad SMARTS) is 1. The molecule has 1 aliphatic heterocycles. The minimum atomic E-state index is -1.22. The summed E-state index contributed by atoms with van der Waals surface area (Å²) >= 11 is 0. The lowest BCUT2D eigenvalue weighted by atomic mass is 10.1. The van der Waals surface area contributed by atoms with Gasteiger partial charge in [0, 0.05) is 14.1 Å². The molecule has 0 atom stereocenters. The second kappa shape index (κ2) is 6.38. The van der Waals surface area contributed by atoms with E-state index in [9.17, 15) is 28.3 Å². The molecule has 8 nitrogen and oxygen atoms in total. The number of aliphatic carboxylic acids is 1. The van der Waals surface area contributed by atoms with Crippen molar-refractivity contribution in [3.63, 3.8) is 0 Å². The molecule has 0 fully saturated rings. The molecule has 2 heterocycles. The van der Waals surface area contributed by atoms with Gasteiger partial charge in [-0.1, -0.05) is 0 Å². The van der Waals surface area contributed by atoms with Crippen molar-refractivity contribution in [3.8, 4) is 5.75 Å². The molecule has 2 N–H and O–H groups in total. The maximum atomic E-state index is 13.5. The topological polar surface area (TPSA) is 105 Å². The molecule has 0 saturated heterocycles. The molecular weight excluding hydrogens is 364 g/mol. The van der Waals surface area contributed by atoms with Crippen molar-refractivity contribution in [1.82, 2.24) is 9.13 Å². The highest BCUT2D eigenvalue weighted by atomic mass is 19.1. The Morgan fingerprint density at radius 3 is 2.33 bits per heavy atom. The number of carbonyl (C=O) groups is 1. The summed E-state index contributed by atoms with van der Waals surface area (Å²) in [6.45, 7) is -0.444. The number of likely N-dealkylation sites (N-methyl/N-ethyl adjacent to an activating group) is 1. The number of carboxylic acids is 1. The lowest BCUT2D eigenvalue weighted by Crippen LogP contribution is -2.45. The predicted molar refractivity (Wildman–Crippen MR) is 92.0 cm³/mol. The molecule has 0 bridgehead atoms. The molecule has 142 valence electrons. The van der Waals surface area contributed by atoms with Gasteiger partial charge in [-0.05, 0) is 23.8 Å². The summed E-state index contributed by atoms with van der Waals surface area (Å²) in [7, 11) is 2.95. The quantitative estimate of drug-likeness (QED) is 0.805. The van der Waals surface area contributed by atoms with Gasteiger partial charge in [-0.3, -0.25) is 13.9 Å². The summed E-state index contributed by atoms with van der Waals surface area (Å²) in [6, 6.07) is 1.63.